The van der Waals surface area contributed by atoms with Crippen LogP contribution in [-0.4, -0.2) is 38.1 Å². The number of nitrogens with two attached hydrogens (primary N) is 1. The predicted octanol–water partition coefficient (Wildman–Crippen LogP) is 2.39. The number of anilines is 2. The van der Waals surface area contributed by atoms with Gasteiger partial charge in [-0.25, -0.2) is 4.98 Å². The quantitative estimate of drug-likeness (QED) is 0.551. The van der Waals surface area contributed by atoms with E-state index in [1.165, 1.54) is 12.3 Å². The van der Waals surface area contributed by atoms with Crippen molar-refractivity contribution in [1.82, 2.24) is 25.4 Å². The molecule has 1 atom stereocenters. The van der Waals surface area contributed by atoms with E-state index < -0.39 is 5.54 Å². The topological polar surface area (TPSA) is 132 Å². The van der Waals surface area contributed by atoms with Gasteiger partial charge in [-0.15, -0.1) is 0 Å². The normalized spacial score (nSPS) is 13.3. The van der Waals surface area contributed by atoms with E-state index in [9.17, 15) is 4.79 Å². The number of nitrogens with zero attached hydrogens (tertiary/aromatic N) is 4. The molecule has 0 aromatic carbocycles. The molecule has 0 radical (unpaired) electrons. The molecule has 0 fully saturated rings. The molecule has 0 bridgehead atoms. The minimum absolute atomic E-state index is 0.169. The van der Waals surface area contributed by atoms with Crippen LogP contribution in [0.15, 0.2) is 35.2 Å². The number of pyridine rings is 1. The molecule has 9 nitrogen and oxygen atoms in total. The number of aromatic nitrogens is 4. The zero-order valence-corrected chi connectivity index (χ0v) is 15.4. The van der Waals surface area contributed by atoms with Crippen molar-refractivity contribution in [2.45, 2.75) is 38.6 Å². The lowest BCUT2D eigenvalue weighted by Crippen LogP contribution is -2.47. The third kappa shape index (κ3) is 4.49. The first kappa shape index (κ1) is 18.6. The Morgan fingerprint density at radius 3 is 2.93 bits per heavy atom. The standard InChI is InChI=1S/C18H23N7O2/c1-3-4-8-18(2,11-21-16(26)13-7-10-27-25-13)24-15-14-12(6-5-9-20-14)22-17(19)23-15/h5-7,9-10H,3-4,8,11H2,1-2H3,(H,21,26)(H3,19,22,23,24)/t18-/m1/s1. The van der Waals surface area contributed by atoms with Gasteiger partial charge in [0.25, 0.3) is 5.91 Å². The summed E-state index contributed by atoms with van der Waals surface area (Å²) in [6.45, 7) is 4.52. The largest absolute Gasteiger partial charge is 0.368 e. The van der Waals surface area contributed by atoms with E-state index in [0.29, 0.717) is 23.4 Å². The molecule has 9 heteroatoms. The van der Waals surface area contributed by atoms with Gasteiger partial charge in [-0.1, -0.05) is 24.9 Å². The van der Waals surface area contributed by atoms with Gasteiger partial charge < -0.3 is 20.9 Å². The van der Waals surface area contributed by atoms with Gasteiger partial charge in [-0.3, -0.25) is 9.78 Å². The SMILES string of the molecule is CCCC[C@](C)(CNC(=O)c1ccon1)Nc1nc(N)nc2cccnc12. The molecule has 3 aromatic heterocycles. The number of amides is 1. The second-order valence-corrected chi connectivity index (χ2v) is 6.66. The van der Waals surface area contributed by atoms with Gasteiger partial charge in [-0.2, -0.15) is 4.98 Å². The number of unbranched alkanes of at least 4 members (excludes halogenated alkanes) is 1. The summed E-state index contributed by atoms with van der Waals surface area (Å²) in [7, 11) is 0. The summed E-state index contributed by atoms with van der Waals surface area (Å²) in [4.78, 5) is 25.1. The number of nitrogen functional groups attached to an aromatic ring is 1. The number of carbonyl (C=O) groups is 1. The molecule has 4 N–H and O–H groups in total. The zero-order valence-electron chi connectivity index (χ0n) is 15.4. The van der Waals surface area contributed by atoms with Crippen molar-refractivity contribution in [3.05, 3.63) is 36.4 Å². The summed E-state index contributed by atoms with van der Waals surface area (Å²) in [5.41, 5.74) is 6.94. The Hall–Kier alpha value is -3.23. The van der Waals surface area contributed by atoms with Gasteiger partial charge in [-0.05, 0) is 25.5 Å². The van der Waals surface area contributed by atoms with E-state index in [-0.39, 0.29) is 17.5 Å². The molecule has 0 spiro atoms. The molecule has 27 heavy (non-hydrogen) atoms. The molecule has 1 amide bonds. The van der Waals surface area contributed by atoms with Crippen molar-refractivity contribution < 1.29 is 9.32 Å². The highest BCUT2D eigenvalue weighted by molar-refractivity contribution is 5.92. The molecule has 3 rings (SSSR count). The highest BCUT2D eigenvalue weighted by Crippen LogP contribution is 2.25. The average molecular weight is 369 g/mol. The fourth-order valence-electron chi connectivity index (χ4n) is 2.82. The van der Waals surface area contributed by atoms with Crippen LogP contribution in [0.3, 0.4) is 0 Å². The molecule has 3 aromatic rings. The van der Waals surface area contributed by atoms with Crippen molar-refractivity contribution >= 4 is 28.7 Å². The molecular weight excluding hydrogens is 346 g/mol. The van der Waals surface area contributed by atoms with Crippen LogP contribution in [0.25, 0.3) is 11.0 Å². The summed E-state index contributed by atoms with van der Waals surface area (Å²) in [5.74, 6) is 0.424. The Balaban J connectivity index is 1.83. The molecule has 0 unspecified atom stereocenters. The molecule has 0 saturated heterocycles. The molecule has 0 aliphatic rings. The molecule has 0 aliphatic carbocycles. The summed E-state index contributed by atoms with van der Waals surface area (Å²) >= 11 is 0. The fraction of sp³-hybridized carbons (Fsp3) is 0.389. The highest BCUT2D eigenvalue weighted by Gasteiger charge is 2.27. The molecule has 3 heterocycles. The number of carbonyl (C=O) groups excluding carboxylic acids is 1. The minimum atomic E-state index is -0.458. The van der Waals surface area contributed by atoms with Crippen LogP contribution in [0.1, 0.15) is 43.6 Å². The Morgan fingerprint density at radius 2 is 2.19 bits per heavy atom. The second kappa shape index (κ2) is 7.98. The van der Waals surface area contributed by atoms with E-state index in [1.54, 1.807) is 12.3 Å². The van der Waals surface area contributed by atoms with Gasteiger partial charge in [0.1, 0.15) is 11.8 Å². The third-order valence-electron chi connectivity index (χ3n) is 4.28. The summed E-state index contributed by atoms with van der Waals surface area (Å²) in [6.07, 6.45) is 5.88. The Kier molecular flexibility index (Phi) is 5.49. The van der Waals surface area contributed by atoms with E-state index >= 15 is 0 Å². The molecule has 0 aliphatic heterocycles. The number of hydrogen-bond acceptors (Lipinski definition) is 8. The van der Waals surface area contributed by atoms with Crippen LogP contribution in [0.4, 0.5) is 11.8 Å². The number of hydrogen-bond donors (Lipinski definition) is 3. The van der Waals surface area contributed by atoms with Crippen molar-refractivity contribution in [3.63, 3.8) is 0 Å². The zero-order chi connectivity index (χ0) is 19.3. The van der Waals surface area contributed by atoms with Gasteiger partial charge in [0.15, 0.2) is 11.5 Å². The van der Waals surface area contributed by atoms with Crippen molar-refractivity contribution in [3.8, 4) is 0 Å². The number of nitrogens with one attached hydrogen (secondary N) is 2. The minimum Gasteiger partial charge on any atom is -0.368 e. The molecule has 0 saturated carbocycles. The van der Waals surface area contributed by atoms with Crippen LogP contribution >= 0.6 is 0 Å². The monoisotopic (exact) mass is 369 g/mol. The lowest BCUT2D eigenvalue weighted by atomic mass is 9.94. The fourth-order valence-corrected chi connectivity index (χ4v) is 2.82. The summed E-state index contributed by atoms with van der Waals surface area (Å²) < 4.78 is 4.72. The van der Waals surface area contributed by atoms with E-state index in [0.717, 1.165) is 19.3 Å². The maximum Gasteiger partial charge on any atom is 0.273 e. The van der Waals surface area contributed by atoms with Gasteiger partial charge in [0.05, 0.1) is 11.1 Å². The van der Waals surface area contributed by atoms with Crippen LogP contribution < -0.4 is 16.4 Å². The Labute approximate surface area is 156 Å². The number of rotatable bonds is 8. The van der Waals surface area contributed by atoms with Crippen LogP contribution in [0.5, 0.6) is 0 Å². The van der Waals surface area contributed by atoms with Gasteiger partial charge in [0, 0.05) is 18.8 Å². The maximum absolute atomic E-state index is 12.2. The first-order chi connectivity index (χ1) is 13.0. The molecule has 142 valence electrons. The van der Waals surface area contributed by atoms with E-state index in [4.69, 9.17) is 10.3 Å². The lowest BCUT2D eigenvalue weighted by molar-refractivity contribution is 0.0936. The first-order valence-electron chi connectivity index (χ1n) is 8.86. The number of fused-ring (bicyclic) bond motifs is 1. The summed E-state index contributed by atoms with van der Waals surface area (Å²) in [6, 6.07) is 5.16. The summed E-state index contributed by atoms with van der Waals surface area (Å²) in [5, 5.41) is 9.98. The Bertz CT molecular complexity index is 913. The van der Waals surface area contributed by atoms with Gasteiger partial charge in [0.2, 0.25) is 5.95 Å². The van der Waals surface area contributed by atoms with Crippen LogP contribution in [-0.2, 0) is 0 Å². The van der Waals surface area contributed by atoms with Crippen molar-refractivity contribution in [1.29, 1.82) is 0 Å². The van der Waals surface area contributed by atoms with Crippen LogP contribution in [0.2, 0.25) is 0 Å². The maximum atomic E-state index is 12.2. The van der Waals surface area contributed by atoms with E-state index in [1.807, 2.05) is 13.0 Å². The smallest absolute Gasteiger partial charge is 0.273 e. The first-order valence-corrected chi connectivity index (χ1v) is 8.86. The lowest BCUT2D eigenvalue weighted by Gasteiger charge is -2.32. The average Bonchev–Trinajstić information content (AvgIpc) is 3.19. The Morgan fingerprint density at radius 1 is 1.33 bits per heavy atom. The second-order valence-electron chi connectivity index (χ2n) is 6.66. The molecular formula is C18H23N7O2. The van der Waals surface area contributed by atoms with Crippen molar-refractivity contribution in [2.75, 3.05) is 17.6 Å². The van der Waals surface area contributed by atoms with Crippen molar-refractivity contribution in [2.24, 2.45) is 0 Å². The van der Waals surface area contributed by atoms with Gasteiger partial charge >= 0.3 is 0 Å². The third-order valence-corrected chi connectivity index (χ3v) is 4.28. The van der Waals surface area contributed by atoms with E-state index in [2.05, 4.69) is 37.7 Å². The predicted molar refractivity (Wildman–Crippen MR) is 102 cm³/mol. The van der Waals surface area contributed by atoms with Crippen LogP contribution in [0, 0.1) is 0 Å². The highest BCUT2D eigenvalue weighted by atomic mass is 16.5.